The molecule has 0 radical (unpaired) electrons. The van der Waals surface area contributed by atoms with E-state index in [9.17, 15) is 18.0 Å². The fraction of sp³-hybridized carbons (Fsp3) is 0.375. The van der Waals surface area contributed by atoms with Gasteiger partial charge in [0.1, 0.15) is 18.3 Å². The first kappa shape index (κ1) is 32.6. The minimum Gasteiger partial charge on any atom is -0.494 e. The smallest absolute Gasteiger partial charge is 0.264 e. The quantitative estimate of drug-likeness (QED) is 0.244. The lowest BCUT2D eigenvalue weighted by molar-refractivity contribution is -0.139. The molecule has 3 aromatic rings. The van der Waals surface area contributed by atoms with Gasteiger partial charge in [-0.15, -0.1) is 0 Å². The minimum absolute atomic E-state index is 0.00277. The normalized spacial score (nSPS) is 14.5. The van der Waals surface area contributed by atoms with Crippen LogP contribution in [0.4, 0.5) is 5.69 Å². The van der Waals surface area contributed by atoms with Gasteiger partial charge in [0.05, 0.1) is 17.2 Å². The highest BCUT2D eigenvalue weighted by atomic mass is 35.5. The topological polar surface area (TPSA) is 96.0 Å². The summed E-state index contributed by atoms with van der Waals surface area (Å²) in [5.74, 6) is -0.325. The summed E-state index contributed by atoms with van der Waals surface area (Å²) in [7, 11) is -4.18. The predicted molar refractivity (Wildman–Crippen MR) is 170 cm³/mol. The summed E-state index contributed by atoms with van der Waals surface area (Å²) in [6, 6.07) is 18.5. The van der Waals surface area contributed by atoms with Gasteiger partial charge in [-0.3, -0.25) is 13.9 Å². The first-order valence-electron chi connectivity index (χ1n) is 14.4. The molecule has 4 rings (SSSR count). The Labute approximate surface area is 264 Å². The van der Waals surface area contributed by atoms with Gasteiger partial charge in [0, 0.05) is 22.6 Å². The second-order valence-electron chi connectivity index (χ2n) is 10.5. The van der Waals surface area contributed by atoms with Crippen molar-refractivity contribution in [3.8, 4) is 5.75 Å². The average Bonchev–Trinajstić information content (AvgIpc) is 3.00. The Morgan fingerprint density at radius 1 is 0.977 bits per heavy atom. The summed E-state index contributed by atoms with van der Waals surface area (Å²) in [6.45, 7) is 3.38. The van der Waals surface area contributed by atoms with Gasteiger partial charge in [-0.25, -0.2) is 8.42 Å². The summed E-state index contributed by atoms with van der Waals surface area (Å²) in [5.41, 5.74) is 0.894. The van der Waals surface area contributed by atoms with Crippen molar-refractivity contribution < 1.29 is 22.7 Å². The molecule has 0 saturated heterocycles. The van der Waals surface area contributed by atoms with E-state index < -0.39 is 28.5 Å². The first-order valence-corrected chi connectivity index (χ1v) is 16.6. The van der Waals surface area contributed by atoms with Gasteiger partial charge in [-0.1, -0.05) is 66.7 Å². The van der Waals surface area contributed by atoms with E-state index in [2.05, 4.69) is 5.32 Å². The lowest BCUT2D eigenvalue weighted by Crippen LogP contribution is -2.53. The molecule has 230 valence electrons. The minimum atomic E-state index is -4.18. The van der Waals surface area contributed by atoms with Gasteiger partial charge in [0.15, 0.2) is 0 Å². The molecule has 1 saturated carbocycles. The van der Waals surface area contributed by atoms with Crippen molar-refractivity contribution in [3.63, 3.8) is 0 Å². The van der Waals surface area contributed by atoms with Crippen molar-refractivity contribution in [2.24, 2.45) is 0 Å². The molecule has 43 heavy (non-hydrogen) atoms. The number of carbonyl (C=O) groups excluding carboxylic acids is 2. The molecule has 1 aliphatic rings. The maximum absolute atomic E-state index is 14.1. The Hall–Kier alpha value is -3.27. The fourth-order valence-corrected chi connectivity index (χ4v) is 6.99. The molecule has 0 aromatic heterocycles. The van der Waals surface area contributed by atoms with Crippen LogP contribution in [-0.4, -0.2) is 50.4 Å². The number of sulfonamides is 1. The molecule has 2 amide bonds. The van der Waals surface area contributed by atoms with Gasteiger partial charge >= 0.3 is 0 Å². The highest BCUT2D eigenvalue weighted by molar-refractivity contribution is 7.92. The number of hydrogen-bond donors (Lipinski definition) is 1. The third kappa shape index (κ3) is 8.43. The maximum atomic E-state index is 14.1. The Morgan fingerprint density at radius 3 is 2.28 bits per heavy atom. The number of carbonyl (C=O) groups is 2. The summed E-state index contributed by atoms with van der Waals surface area (Å²) in [6.07, 6.45) is 4.99. The number of ether oxygens (including phenoxy) is 1. The van der Waals surface area contributed by atoms with Crippen LogP contribution in [0.25, 0.3) is 0 Å². The van der Waals surface area contributed by atoms with E-state index in [1.54, 1.807) is 67.6 Å². The molecule has 0 spiro atoms. The number of halogens is 2. The summed E-state index contributed by atoms with van der Waals surface area (Å²) >= 11 is 12.6. The molecule has 0 unspecified atom stereocenters. The van der Waals surface area contributed by atoms with Crippen molar-refractivity contribution in [3.05, 3.63) is 88.4 Å². The van der Waals surface area contributed by atoms with E-state index in [1.807, 2.05) is 6.92 Å². The average molecular weight is 647 g/mol. The zero-order valence-electron chi connectivity index (χ0n) is 24.3. The summed E-state index contributed by atoms with van der Waals surface area (Å²) in [4.78, 5) is 28.9. The Kier molecular flexibility index (Phi) is 11.3. The molecular formula is C32H37Cl2N3O5S. The Morgan fingerprint density at radius 2 is 1.65 bits per heavy atom. The SMILES string of the molecule is CCOc1ccc(S(=O)(=O)N(CC(=O)N(Cc2ccc(Cl)cc2Cl)[C@H](C)C(=O)NC2CCCCC2)c2ccccc2)cc1. The Bertz CT molecular complexity index is 1500. The third-order valence-electron chi connectivity index (χ3n) is 7.52. The first-order chi connectivity index (χ1) is 20.6. The zero-order chi connectivity index (χ0) is 31.0. The number of nitrogens with zero attached hydrogens (tertiary/aromatic N) is 2. The number of para-hydroxylation sites is 1. The highest BCUT2D eigenvalue weighted by Crippen LogP contribution is 2.27. The van der Waals surface area contributed by atoms with Crippen LogP contribution < -0.4 is 14.4 Å². The largest absolute Gasteiger partial charge is 0.494 e. The van der Waals surface area contributed by atoms with Crippen LogP contribution in [0.5, 0.6) is 5.75 Å². The van der Waals surface area contributed by atoms with Gasteiger partial charge in [0.2, 0.25) is 11.8 Å². The monoisotopic (exact) mass is 645 g/mol. The molecule has 1 N–H and O–H groups in total. The Balaban J connectivity index is 1.67. The molecule has 1 aliphatic carbocycles. The van der Waals surface area contributed by atoms with Crippen LogP contribution >= 0.6 is 23.2 Å². The molecule has 0 heterocycles. The van der Waals surface area contributed by atoms with Crippen molar-refractivity contribution in [1.29, 1.82) is 0 Å². The van der Waals surface area contributed by atoms with Crippen LogP contribution in [-0.2, 0) is 26.2 Å². The number of benzene rings is 3. The highest BCUT2D eigenvalue weighted by Gasteiger charge is 2.33. The predicted octanol–water partition coefficient (Wildman–Crippen LogP) is 6.45. The summed E-state index contributed by atoms with van der Waals surface area (Å²) < 4.78 is 34.5. The van der Waals surface area contributed by atoms with Crippen molar-refractivity contribution >= 4 is 50.7 Å². The molecule has 1 atom stereocenters. The number of nitrogens with one attached hydrogen (secondary N) is 1. The lowest BCUT2D eigenvalue weighted by atomic mass is 9.95. The molecular weight excluding hydrogens is 609 g/mol. The number of amides is 2. The van der Waals surface area contributed by atoms with Crippen LogP contribution in [0.1, 0.15) is 51.5 Å². The van der Waals surface area contributed by atoms with Gasteiger partial charge in [0.25, 0.3) is 10.0 Å². The van der Waals surface area contributed by atoms with Crippen LogP contribution in [0.15, 0.2) is 77.7 Å². The fourth-order valence-electron chi connectivity index (χ4n) is 5.11. The molecule has 11 heteroatoms. The number of hydrogen-bond acceptors (Lipinski definition) is 5. The van der Waals surface area contributed by atoms with Crippen molar-refractivity contribution in [2.75, 3.05) is 17.5 Å². The van der Waals surface area contributed by atoms with E-state index in [0.29, 0.717) is 33.7 Å². The lowest BCUT2D eigenvalue weighted by Gasteiger charge is -2.33. The molecule has 3 aromatic carbocycles. The standard InChI is InChI=1S/C32H37Cl2N3O5S/c1-3-42-28-16-18-29(19-17-28)43(40,41)37(27-12-8-5-9-13-27)22-31(38)36(21-24-14-15-25(33)20-30(24)34)23(2)32(39)35-26-10-6-4-7-11-26/h5,8-9,12-20,23,26H,3-4,6-7,10-11,21-22H2,1-2H3,(H,35,39)/t23-/m1/s1. The number of anilines is 1. The van der Waals surface area contributed by atoms with Crippen LogP contribution in [0.3, 0.4) is 0 Å². The zero-order valence-corrected chi connectivity index (χ0v) is 26.7. The number of rotatable bonds is 12. The molecule has 0 bridgehead atoms. The van der Waals surface area contributed by atoms with Gasteiger partial charge < -0.3 is 15.0 Å². The van der Waals surface area contributed by atoms with E-state index in [1.165, 1.54) is 17.0 Å². The molecule has 0 aliphatic heterocycles. The van der Waals surface area contributed by atoms with E-state index >= 15 is 0 Å². The third-order valence-corrected chi connectivity index (χ3v) is 9.90. The molecule has 8 nitrogen and oxygen atoms in total. The maximum Gasteiger partial charge on any atom is 0.264 e. The van der Waals surface area contributed by atoms with Crippen molar-refractivity contribution in [1.82, 2.24) is 10.2 Å². The van der Waals surface area contributed by atoms with E-state index in [4.69, 9.17) is 27.9 Å². The van der Waals surface area contributed by atoms with Gasteiger partial charge in [-0.05, 0) is 80.8 Å². The van der Waals surface area contributed by atoms with Crippen LogP contribution in [0, 0.1) is 0 Å². The van der Waals surface area contributed by atoms with Gasteiger partial charge in [-0.2, -0.15) is 0 Å². The van der Waals surface area contributed by atoms with E-state index in [-0.39, 0.29) is 23.4 Å². The van der Waals surface area contributed by atoms with Crippen molar-refractivity contribution in [2.45, 2.75) is 69.5 Å². The van der Waals surface area contributed by atoms with E-state index in [0.717, 1.165) is 36.4 Å². The summed E-state index contributed by atoms with van der Waals surface area (Å²) in [5, 5.41) is 3.87. The second-order valence-corrected chi connectivity index (χ2v) is 13.2. The second kappa shape index (κ2) is 14.9. The van der Waals surface area contributed by atoms with Crippen LogP contribution in [0.2, 0.25) is 10.0 Å². The molecule has 1 fully saturated rings.